The van der Waals surface area contributed by atoms with Crippen LogP contribution in [0, 0.1) is 0 Å². The monoisotopic (exact) mass is 316 g/mol. The van der Waals surface area contributed by atoms with Gasteiger partial charge in [-0.25, -0.2) is 0 Å². The van der Waals surface area contributed by atoms with Crippen molar-refractivity contribution in [2.45, 2.75) is 96.7 Å². The van der Waals surface area contributed by atoms with Crippen molar-refractivity contribution in [3.05, 3.63) is 0 Å². The van der Waals surface area contributed by atoms with Crippen LogP contribution >= 0.6 is 0 Å². The van der Waals surface area contributed by atoms with Crippen LogP contribution in [0.1, 0.15) is 72.6 Å². The van der Waals surface area contributed by atoms with Crippen LogP contribution in [0.25, 0.3) is 0 Å². The molecule has 0 aromatic heterocycles. The van der Waals surface area contributed by atoms with Crippen molar-refractivity contribution < 1.29 is 24.1 Å². The number of aliphatic carboxylic acids is 1. The Morgan fingerprint density at radius 2 is 1.86 bits per heavy atom. The highest BCUT2D eigenvalue weighted by molar-refractivity contribution is 5.66. The lowest BCUT2D eigenvalue weighted by Gasteiger charge is -2.31. The van der Waals surface area contributed by atoms with Gasteiger partial charge in [-0.2, -0.15) is 0 Å². The Bertz CT molecular complexity index is 329. The van der Waals surface area contributed by atoms with E-state index in [1.54, 1.807) is 0 Å². The zero-order valence-electron chi connectivity index (χ0n) is 14.5. The molecule has 0 bridgehead atoms. The summed E-state index contributed by atoms with van der Waals surface area (Å²) in [6, 6.07) is 0. The van der Waals surface area contributed by atoms with E-state index in [-0.39, 0.29) is 24.7 Å². The molecule has 2 heterocycles. The van der Waals surface area contributed by atoms with Crippen molar-refractivity contribution in [2.75, 3.05) is 6.61 Å². The van der Waals surface area contributed by atoms with Crippen LogP contribution in [0.15, 0.2) is 0 Å². The summed E-state index contributed by atoms with van der Waals surface area (Å²) >= 11 is 0. The van der Waals surface area contributed by atoms with Gasteiger partial charge in [0, 0.05) is 12.8 Å². The van der Waals surface area contributed by atoms with Gasteiger partial charge < -0.3 is 19.3 Å². The molecule has 3 atom stereocenters. The Morgan fingerprint density at radius 1 is 1.18 bits per heavy atom. The van der Waals surface area contributed by atoms with E-state index < -0.39 is 11.8 Å². The van der Waals surface area contributed by atoms with Crippen molar-refractivity contribution in [3.8, 4) is 0 Å². The molecule has 2 aliphatic rings. The normalized spacial score (nSPS) is 30.5. The summed E-state index contributed by atoms with van der Waals surface area (Å²) in [5.41, 5.74) is 0. The average molecular weight is 316 g/mol. The molecule has 2 aliphatic heterocycles. The van der Waals surface area contributed by atoms with Gasteiger partial charge in [-0.15, -0.1) is 0 Å². The number of hydrogen-bond donors (Lipinski definition) is 1. The Hall–Kier alpha value is -0.650. The molecule has 0 saturated carbocycles. The fourth-order valence-corrected chi connectivity index (χ4v) is 3.02. The fourth-order valence-electron chi connectivity index (χ4n) is 3.02. The molecule has 0 aromatic carbocycles. The molecule has 2 fully saturated rings. The summed E-state index contributed by atoms with van der Waals surface area (Å²) in [6.45, 7) is 8.50. The maximum absolute atomic E-state index is 10.5. The van der Waals surface area contributed by atoms with Gasteiger partial charge in [-0.05, 0) is 46.0 Å². The van der Waals surface area contributed by atoms with E-state index >= 15 is 0 Å². The van der Waals surface area contributed by atoms with Crippen LogP contribution in [-0.4, -0.2) is 41.8 Å². The van der Waals surface area contributed by atoms with Gasteiger partial charge in [0.05, 0.1) is 24.9 Å². The quantitative estimate of drug-likeness (QED) is 0.808. The lowest BCUT2D eigenvalue weighted by molar-refractivity contribution is -0.146. The maximum Gasteiger partial charge on any atom is 0.303 e. The number of carboxylic acid groups (broad SMARTS) is 1. The minimum atomic E-state index is -0.726. The third kappa shape index (κ3) is 7.07. The maximum atomic E-state index is 10.5. The second-order valence-electron chi connectivity index (χ2n) is 6.28. The highest BCUT2D eigenvalue weighted by atomic mass is 16.7. The summed E-state index contributed by atoms with van der Waals surface area (Å²) in [6.07, 6.45) is 6.46. The lowest BCUT2D eigenvalue weighted by Crippen LogP contribution is -2.32. The molecule has 0 radical (unpaired) electrons. The Balaban J connectivity index is 0.00000116. The second-order valence-corrected chi connectivity index (χ2v) is 6.28. The predicted octanol–water partition coefficient (Wildman–Crippen LogP) is 3.75. The first-order valence-corrected chi connectivity index (χ1v) is 8.63. The van der Waals surface area contributed by atoms with Crippen LogP contribution in [0.4, 0.5) is 0 Å². The summed E-state index contributed by atoms with van der Waals surface area (Å²) in [5.74, 6) is -1.20. The number of hydrogen-bond acceptors (Lipinski definition) is 4. The highest BCUT2D eigenvalue weighted by Crippen LogP contribution is 2.30. The molecule has 5 heteroatoms. The molecule has 2 rings (SSSR count). The zero-order valence-corrected chi connectivity index (χ0v) is 14.5. The van der Waals surface area contributed by atoms with Gasteiger partial charge in [-0.3, -0.25) is 4.79 Å². The zero-order chi connectivity index (χ0) is 16.6. The predicted molar refractivity (Wildman–Crippen MR) is 84.9 cm³/mol. The summed E-state index contributed by atoms with van der Waals surface area (Å²) in [5, 5.41) is 8.66. The third-order valence-electron chi connectivity index (χ3n) is 3.95. The van der Waals surface area contributed by atoms with Crippen molar-refractivity contribution in [2.24, 2.45) is 0 Å². The lowest BCUT2D eigenvalue weighted by atomic mass is 9.97. The van der Waals surface area contributed by atoms with E-state index in [0.29, 0.717) is 13.0 Å². The first kappa shape index (κ1) is 19.4. The van der Waals surface area contributed by atoms with E-state index in [2.05, 4.69) is 0 Å². The number of carboxylic acids is 1. The molecule has 2 saturated heterocycles. The van der Waals surface area contributed by atoms with E-state index in [0.717, 1.165) is 32.1 Å². The average Bonchev–Trinajstić information content (AvgIpc) is 2.80. The molecule has 22 heavy (non-hydrogen) atoms. The van der Waals surface area contributed by atoms with Gasteiger partial charge >= 0.3 is 5.97 Å². The smallest absolute Gasteiger partial charge is 0.303 e. The summed E-state index contributed by atoms with van der Waals surface area (Å²) < 4.78 is 17.5. The van der Waals surface area contributed by atoms with Crippen LogP contribution in [0.2, 0.25) is 0 Å². The van der Waals surface area contributed by atoms with Gasteiger partial charge in [0.15, 0.2) is 5.79 Å². The molecular formula is C17H32O5. The molecular weight excluding hydrogens is 284 g/mol. The molecule has 3 unspecified atom stereocenters. The third-order valence-corrected chi connectivity index (χ3v) is 3.95. The topological polar surface area (TPSA) is 65.0 Å². The van der Waals surface area contributed by atoms with E-state index in [1.807, 2.05) is 27.7 Å². The summed E-state index contributed by atoms with van der Waals surface area (Å²) in [7, 11) is 0. The van der Waals surface area contributed by atoms with E-state index in [4.69, 9.17) is 19.3 Å². The molecule has 5 nitrogen and oxygen atoms in total. The highest BCUT2D eigenvalue weighted by Gasteiger charge is 2.35. The van der Waals surface area contributed by atoms with E-state index in [9.17, 15) is 4.79 Å². The van der Waals surface area contributed by atoms with Crippen LogP contribution in [0.5, 0.6) is 0 Å². The Kier molecular flexibility index (Phi) is 8.36. The Morgan fingerprint density at radius 3 is 2.45 bits per heavy atom. The summed E-state index contributed by atoms with van der Waals surface area (Å²) in [4.78, 5) is 10.5. The second kappa shape index (κ2) is 9.48. The van der Waals surface area contributed by atoms with E-state index in [1.165, 1.54) is 0 Å². The number of carbonyl (C=O) groups is 1. The molecule has 0 spiro atoms. The standard InChI is InChI=1S/C15H26O5.C2H6/c1-15(2)18-10-13(20-15)9-12-7-3-5-11(19-12)6-4-8-14(16)17;1-2/h11-13H,3-10H2,1-2H3,(H,16,17);1-2H3. The molecule has 0 aromatic rings. The first-order chi connectivity index (χ1) is 10.4. The molecule has 0 amide bonds. The number of rotatable bonds is 6. The van der Waals surface area contributed by atoms with Crippen LogP contribution < -0.4 is 0 Å². The molecule has 0 aliphatic carbocycles. The van der Waals surface area contributed by atoms with Gasteiger partial charge in [0.25, 0.3) is 0 Å². The van der Waals surface area contributed by atoms with Crippen molar-refractivity contribution >= 4 is 5.97 Å². The fraction of sp³-hybridized carbons (Fsp3) is 0.941. The van der Waals surface area contributed by atoms with Gasteiger partial charge in [0.1, 0.15) is 0 Å². The van der Waals surface area contributed by atoms with Gasteiger partial charge in [0.2, 0.25) is 0 Å². The largest absolute Gasteiger partial charge is 0.481 e. The SMILES string of the molecule is CC.CC1(C)OCC(CC2CCCC(CCCC(=O)O)O2)O1. The number of ether oxygens (including phenoxy) is 3. The molecule has 130 valence electrons. The minimum Gasteiger partial charge on any atom is -0.481 e. The first-order valence-electron chi connectivity index (χ1n) is 8.63. The Labute approximate surface area is 134 Å². The molecule has 1 N–H and O–H groups in total. The van der Waals surface area contributed by atoms with Crippen molar-refractivity contribution in [1.82, 2.24) is 0 Å². The minimum absolute atomic E-state index is 0.118. The van der Waals surface area contributed by atoms with Crippen LogP contribution in [-0.2, 0) is 19.0 Å². The van der Waals surface area contributed by atoms with Crippen molar-refractivity contribution in [3.63, 3.8) is 0 Å². The van der Waals surface area contributed by atoms with Gasteiger partial charge in [-0.1, -0.05) is 13.8 Å². The van der Waals surface area contributed by atoms with Crippen molar-refractivity contribution in [1.29, 1.82) is 0 Å². The van der Waals surface area contributed by atoms with Crippen LogP contribution in [0.3, 0.4) is 0 Å².